The Kier molecular flexibility index (Phi) is 4.22. The fraction of sp³-hybridized carbons (Fsp3) is 1.00. The third-order valence-electron chi connectivity index (χ3n) is 3.31. The van der Waals surface area contributed by atoms with Gasteiger partial charge in [-0.1, -0.05) is 0 Å². The van der Waals surface area contributed by atoms with Crippen molar-refractivity contribution in [3.8, 4) is 0 Å². The van der Waals surface area contributed by atoms with E-state index < -0.39 is 0 Å². The van der Waals surface area contributed by atoms with E-state index in [0.29, 0.717) is 0 Å². The summed E-state index contributed by atoms with van der Waals surface area (Å²) in [6.07, 6.45) is 5.12. The molecule has 1 atom stereocenters. The predicted octanol–water partition coefficient (Wildman–Crippen LogP) is 0.851. The van der Waals surface area contributed by atoms with Gasteiger partial charge in [0.05, 0.1) is 0 Å². The zero-order chi connectivity index (χ0) is 9.64. The van der Waals surface area contributed by atoms with Crippen LogP contribution in [0.2, 0.25) is 0 Å². The topological polar surface area (TPSA) is 24.5 Å². The Morgan fingerprint density at radius 2 is 2.00 bits per heavy atom. The summed E-state index contributed by atoms with van der Waals surface area (Å²) < 4.78 is 5.50. The molecule has 0 aromatic rings. The van der Waals surface area contributed by atoms with Crippen LogP contribution in [0.3, 0.4) is 0 Å². The number of nitrogens with zero attached hydrogens (tertiary/aromatic N) is 1. The highest BCUT2D eigenvalue weighted by molar-refractivity contribution is 4.76. The van der Waals surface area contributed by atoms with Crippen molar-refractivity contribution in [3.63, 3.8) is 0 Å². The van der Waals surface area contributed by atoms with Gasteiger partial charge in [0.25, 0.3) is 0 Å². The van der Waals surface area contributed by atoms with E-state index in [1.165, 1.54) is 45.3 Å². The van der Waals surface area contributed by atoms with Crippen LogP contribution in [0.1, 0.15) is 25.7 Å². The number of hydrogen-bond acceptors (Lipinski definition) is 3. The molecule has 0 aromatic carbocycles. The van der Waals surface area contributed by atoms with Gasteiger partial charge in [-0.15, -0.1) is 0 Å². The van der Waals surface area contributed by atoms with Gasteiger partial charge in [-0.2, -0.15) is 0 Å². The van der Waals surface area contributed by atoms with Crippen LogP contribution in [-0.2, 0) is 4.74 Å². The van der Waals surface area contributed by atoms with E-state index in [2.05, 4.69) is 10.2 Å². The number of hydrogen-bond donors (Lipinski definition) is 1. The Bertz CT molecular complexity index is 129. The molecule has 2 saturated heterocycles. The number of ether oxygens (including phenoxy) is 1. The summed E-state index contributed by atoms with van der Waals surface area (Å²) in [5, 5.41) is 3.46. The Morgan fingerprint density at radius 1 is 1.00 bits per heavy atom. The molecule has 2 heterocycles. The van der Waals surface area contributed by atoms with Crippen LogP contribution < -0.4 is 5.32 Å². The Morgan fingerprint density at radius 3 is 3.00 bits per heavy atom. The molecule has 2 aliphatic rings. The Labute approximate surface area is 86.8 Å². The maximum absolute atomic E-state index is 5.50. The summed E-state index contributed by atoms with van der Waals surface area (Å²) in [7, 11) is 0. The molecule has 0 amide bonds. The van der Waals surface area contributed by atoms with E-state index in [1.54, 1.807) is 0 Å². The normalized spacial score (nSPS) is 32.1. The third kappa shape index (κ3) is 2.94. The standard InChI is InChI=1S/C11H22N2O/c1-3-11(4-10-14-9-1)13-7-2-5-12-6-8-13/h11-12H,1-10H2. The molecule has 0 aliphatic carbocycles. The first kappa shape index (κ1) is 10.4. The lowest BCUT2D eigenvalue weighted by Crippen LogP contribution is -2.38. The van der Waals surface area contributed by atoms with Crippen molar-refractivity contribution >= 4 is 0 Å². The van der Waals surface area contributed by atoms with E-state index >= 15 is 0 Å². The third-order valence-corrected chi connectivity index (χ3v) is 3.31. The average Bonchev–Trinajstić information content (AvgIpc) is 2.62. The predicted molar refractivity (Wildman–Crippen MR) is 57.5 cm³/mol. The van der Waals surface area contributed by atoms with Gasteiger partial charge < -0.3 is 10.1 Å². The fourth-order valence-corrected chi connectivity index (χ4v) is 2.48. The molecule has 1 unspecified atom stereocenters. The molecule has 2 aliphatic heterocycles. The van der Waals surface area contributed by atoms with Crippen molar-refractivity contribution in [2.75, 3.05) is 39.4 Å². The fourth-order valence-electron chi connectivity index (χ4n) is 2.48. The first-order chi connectivity index (χ1) is 6.97. The lowest BCUT2D eigenvalue weighted by molar-refractivity contribution is 0.131. The molecular formula is C11H22N2O. The van der Waals surface area contributed by atoms with Crippen LogP contribution in [0.15, 0.2) is 0 Å². The van der Waals surface area contributed by atoms with Crippen LogP contribution in [0, 0.1) is 0 Å². The van der Waals surface area contributed by atoms with Gasteiger partial charge in [-0.05, 0) is 38.8 Å². The monoisotopic (exact) mass is 198 g/mol. The van der Waals surface area contributed by atoms with Crippen LogP contribution in [-0.4, -0.2) is 50.3 Å². The summed E-state index contributed by atoms with van der Waals surface area (Å²) in [5.41, 5.74) is 0. The van der Waals surface area contributed by atoms with Crippen LogP contribution in [0.4, 0.5) is 0 Å². The van der Waals surface area contributed by atoms with Gasteiger partial charge in [0.1, 0.15) is 0 Å². The van der Waals surface area contributed by atoms with Crippen molar-refractivity contribution in [2.24, 2.45) is 0 Å². The smallest absolute Gasteiger partial charge is 0.0480 e. The maximum Gasteiger partial charge on any atom is 0.0480 e. The zero-order valence-corrected chi connectivity index (χ0v) is 9.00. The van der Waals surface area contributed by atoms with Crippen molar-refractivity contribution < 1.29 is 4.74 Å². The van der Waals surface area contributed by atoms with E-state index in [4.69, 9.17) is 4.74 Å². The van der Waals surface area contributed by atoms with Crippen LogP contribution in [0.25, 0.3) is 0 Å². The second-order valence-electron chi connectivity index (χ2n) is 4.34. The highest BCUT2D eigenvalue weighted by atomic mass is 16.5. The minimum Gasteiger partial charge on any atom is -0.381 e. The molecule has 0 saturated carbocycles. The van der Waals surface area contributed by atoms with Crippen LogP contribution in [0.5, 0.6) is 0 Å². The van der Waals surface area contributed by atoms with Gasteiger partial charge >= 0.3 is 0 Å². The lowest BCUT2D eigenvalue weighted by atomic mass is 10.1. The molecule has 82 valence electrons. The molecule has 0 aromatic heterocycles. The van der Waals surface area contributed by atoms with Gasteiger partial charge in [-0.25, -0.2) is 0 Å². The van der Waals surface area contributed by atoms with E-state index in [-0.39, 0.29) is 0 Å². The minimum absolute atomic E-state index is 0.789. The molecule has 3 heteroatoms. The summed E-state index contributed by atoms with van der Waals surface area (Å²) >= 11 is 0. The molecule has 0 spiro atoms. The van der Waals surface area contributed by atoms with Crippen molar-refractivity contribution in [1.29, 1.82) is 0 Å². The summed E-state index contributed by atoms with van der Waals surface area (Å²) in [5.74, 6) is 0. The summed E-state index contributed by atoms with van der Waals surface area (Å²) in [6, 6.07) is 0.789. The molecular weight excluding hydrogens is 176 g/mol. The van der Waals surface area contributed by atoms with Gasteiger partial charge in [0, 0.05) is 32.3 Å². The second-order valence-corrected chi connectivity index (χ2v) is 4.34. The average molecular weight is 198 g/mol. The largest absolute Gasteiger partial charge is 0.381 e. The van der Waals surface area contributed by atoms with Gasteiger partial charge in [-0.3, -0.25) is 4.90 Å². The van der Waals surface area contributed by atoms with E-state index in [1.807, 2.05) is 0 Å². The summed E-state index contributed by atoms with van der Waals surface area (Å²) in [6.45, 7) is 6.80. The maximum atomic E-state index is 5.50. The molecule has 14 heavy (non-hydrogen) atoms. The highest BCUT2D eigenvalue weighted by Crippen LogP contribution is 2.15. The van der Waals surface area contributed by atoms with Gasteiger partial charge in [0.2, 0.25) is 0 Å². The second kappa shape index (κ2) is 5.69. The quantitative estimate of drug-likeness (QED) is 0.676. The Hall–Kier alpha value is -0.120. The molecule has 2 fully saturated rings. The first-order valence-corrected chi connectivity index (χ1v) is 5.99. The molecule has 0 radical (unpaired) electrons. The Balaban J connectivity index is 1.83. The molecule has 2 rings (SSSR count). The molecule has 0 bridgehead atoms. The molecule has 3 nitrogen and oxygen atoms in total. The SMILES string of the molecule is C1COCCC(N2CCCNCC2)C1. The van der Waals surface area contributed by atoms with E-state index in [0.717, 1.165) is 25.8 Å². The lowest BCUT2D eigenvalue weighted by Gasteiger charge is -2.29. The van der Waals surface area contributed by atoms with Crippen LogP contribution >= 0.6 is 0 Å². The number of nitrogens with one attached hydrogen (secondary N) is 1. The van der Waals surface area contributed by atoms with Crippen molar-refractivity contribution in [1.82, 2.24) is 10.2 Å². The van der Waals surface area contributed by atoms with Gasteiger partial charge in [0.15, 0.2) is 0 Å². The van der Waals surface area contributed by atoms with E-state index in [9.17, 15) is 0 Å². The zero-order valence-electron chi connectivity index (χ0n) is 9.00. The number of rotatable bonds is 1. The molecule has 1 N–H and O–H groups in total. The minimum atomic E-state index is 0.789. The summed E-state index contributed by atoms with van der Waals surface area (Å²) in [4.78, 5) is 2.66. The highest BCUT2D eigenvalue weighted by Gasteiger charge is 2.20. The first-order valence-electron chi connectivity index (χ1n) is 5.99. The van der Waals surface area contributed by atoms with Crippen molar-refractivity contribution in [3.05, 3.63) is 0 Å². The van der Waals surface area contributed by atoms with Crippen molar-refractivity contribution in [2.45, 2.75) is 31.7 Å².